The molecule has 23 heavy (non-hydrogen) atoms. The molecule has 1 aromatic carbocycles. The van der Waals surface area contributed by atoms with E-state index in [1.165, 1.54) is 12.8 Å². The van der Waals surface area contributed by atoms with Gasteiger partial charge in [-0.3, -0.25) is 4.79 Å². The highest BCUT2D eigenvalue weighted by Gasteiger charge is 2.42. The number of benzene rings is 1. The molecule has 2 aliphatic carbocycles. The molecule has 0 bridgehead atoms. The van der Waals surface area contributed by atoms with Crippen LogP contribution in [0.15, 0.2) is 12.1 Å². The predicted molar refractivity (Wildman–Crippen MR) is 91.6 cm³/mol. The van der Waals surface area contributed by atoms with Gasteiger partial charge in [0.25, 0.3) is 0 Å². The molecule has 1 N–H and O–H groups in total. The maximum atomic E-state index is 12.1. The second-order valence-corrected chi connectivity index (χ2v) is 7.42. The Kier molecular flexibility index (Phi) is 4.86. The first-order valence-electron chi connectivity index (χ1n) is 8.70. The van der Waals surface area contributed by atoms with Crippen molar-refractivity contribution >= 4 is 17.6 Å². The van der Waals surface area contributed by atoms with Crippen molar-refractivity contribution in [2.75, 3.05) is 7.11 Å². The number of hydrogen-bond acceptors (Lipinski definition) is 2. The monoisotopic (exact) mass is 336 g/mol. The van der Waals surface area contributed by atoms with Crippen molar-refractivity contribution in [2.45, 2.75) is 69.1 Å². The van der Waals surface area contributed by atoms with Crippen LogP contribution in [0.5, 0.6) is 5.75 Å². The molecule has 2 aliphatic rings. The predicted octanol–water partition coefficient (Wildman–Crippen LogP) is 5.29. The fourth-order valence-electron chi connectivity index (χ4n) is 4.43. The average Bonchev–Trinajstić information content (AvgIpc) is 3.09. The summed E-state index contributed by atoms with van der Waals surface area (Å²) in [5.74, 6) is 0.464. The molecular formula is C19H25ClO3. The lowest BCUT2D eigenvalue weighted by Crippen LogP contribution is -2.38. The van der Waals surface area contributed by atoms with Crippen molar-refractivity contribution in [1.29, 1.82) is 0 Å². The van der Waals surface area contributed by atoms with Crippen LogP contribution in [0.2, 0.25) is 5.02 Å². The Labute approximate surface area is 143 Å². The molecule has 0 heterocycles. The molecule has 0 atom stereocenters. The number of carboxylic acids is 1. The SMILES string of the molecule is COc1c(Cl)cc(C2(C(=O)O)CCCCC2)cc1C1CCCC1. The van der Waals surface area contributed by atoms with E-state index in [-0.39, 0.29) is 0 Å². The fraction of sp³-hybridized carbons (Fsp3) is 0.632. The van der Waals surface area contributed by atoms with Crippen molar-refractivity contribution in [3.63, 3.8) is 0 Å². The van der Waals surface area contributed by atoms with Gasteiger partial charge < -0.3 is 9.84 Å². The second kappa shape index (κ2) is 6.72. The lowest BCUT2D eigenvalue weighted by molar-refractivity contribution is -0.145. The second-order valence-electron chi connectivity index (χ2n) is 7.01. The van der Waals surface area contributed by atoms with Gasteiger partial charge >= 0.3 is 5.97 Å². The zero-order valence-electron chi connectivity index (χ0n) is 13.7. The molecular weight excluding hydrogens is 312 g/mol. The van der Waals surface area contributed by atoms with Crippen LogP contribution in [0.4, 0.5) is 0 Å². The third-order valence-corrected chi connectivity index (χ3v) is 6.02. The molecule has 0 radical (unpaired) electrons. The van der Waals surface area contributed by atoms with Crippen molar-refractivity contribution in [2.24, 2.45) is 0 Å². The lowest BCUT2D eigenvalue weighted by atomic mass is 9.69. The number of rotatable bonds is 4. The number of hydrogen-bond donors (Lipinski definition) is 1. The van der Waals surface area contributed by atoms with E-state index < -0.39 is 11.4 Å². The van der Waals surface area contributed by atoms with E-state index in [0.717, 1.165) is 49.0 Å². The van der Waals surface area contributed by atoms with E-state index in [4.69, 9.17) is 16.3 Å². The molecule has 126 valence electrons. The number of carbonyl (C=O) groups is 1. The van der Waals surface area contributed by atoms with E-state index in [2.05, 4.69) is 6.07 Å². The van der Waals surface area contributed by atoms with Gasteiger partial charge in [0.15, 0.2) is 0 Å². The third kappa shape index (κ3) is 2.96. The van der Waals surface area contributed by atoms with Gasteiger partial charge in [0, 0.05) is 0 Å². The van der Waals surface area contributed by atoms with Crippen molar-refractivity contribution in [1.82, 2.24) is 0 Å². The molecule has 0 amide bonds. The van der Waals surface area contributed by atoms with Crippen LogP contribution in [-0.2, 0) is 10.2 Å². The first-order chi connectivity index (χ1) is 11.1. The normalized spacial score (nSPS) is 21.3. The number of methoxy groups -OCH3 is 1. The number of aliphatic carboxylic acids is 1. The fourth-order valence-corrected chi connectivity index (χ4v) is 4.73. The summed E-state index contributed by atoms with van der Waals surface area (Å²) in [5, 5.41) is 10.5. The number of carboxylic acid groups (broad SMARTS) is 1. The van der Waals surface area contributed by atoms with Gasteiger partial charge in [-0.25, -0.2) is 0 Å². The summed E-state index contributed by atoms with van der Waals surface area (Å²) in [7, 11) is 1.65. The molecule has 2 fully saturated rings. The highest BCUT2D eigenvalue weighted by atomic mass is 35.5. The summed E-state index contributed by atoms with van der Waals surface area (Å²) >= 11 is 6.48. The van der Waals surface area contributed by atoms with Crippen molar-refractivity contribution < 1.29 is 14.6 Å². The van der Waals surface area contributed by atoms with Crippen LogP contribution >= 0.6 is 11.6 Å². The van der Waals surface area contributed by atoms with Gasteiger partial charge in [-0.15, -0.1) is 0 Å². The molecule has 4 heteroatoms. The first-order valence-corrected chi connectivity index (χ1v) is 9.07. The number of ether oxygens (including phenoxy) is 1. The summed E-state index contributed by atoms with van der Waals surface area (Å²) in [5.41, 5.74) is 1.21. The molecule has 2 saturated carbocycles. The summed E-state index contributed by atoms with van der Waals surface area (Å²) < 4.78 is 5.54. The zero-order valence-corrected chi connectivity index (χ0v) is 14.5. The first kappa shape index (κ1) is 16.6. The molecule has 3 nitrogen and oxygen atoms in total. The van der Waals surface area contributed by atoms with Crippen LogP contribution < -0.4 is 4.74 Å². The molecule has 0 saturated heterocycles. The smallest absolute Gasteiger partial charge is 0.314 e. The Bertz CT molecular complexity index is 585. The highest BCUT2D eigenvalue weighted by molar-refractivity contribution is 6.32. The standard InChI is InChI=1S/C19H25ClO3/c1-23-17-15(13-7-3-4-8-13)11-14(12-16(17)20)19(18(21)22)9-5-2-6-10-19/h11-13H,2-10H2,1H3,(H,21,22). The maximum Gasteiger partial charge on any atom is 0.314 e. The quantitative estimate of drug-likeness (QED) is 0.812. The van der Waals surface area contributed by atoms with Gasteiger partial charge in [0.05, 0.1) is 17.5 Å². The molecule has 0 unspecified atom stereocenters. The van der Waals surface area contributed by atoms with Crippen LogP contribution in [0, 0.1) is 0 Å². The average molecular weight is 337 g/mol. The minimum atomic E-state index is -0.776. The van der Waals surface area contributed by atoms with Gasteiger partial charge in [-0.1, -0.05) is 49.8 Å². The van der Waals surface area contributed by atoms with Gasteiger partial charge in [-0.2, -0.15) is 0 Å². The van der Waals surface area contributed by atoms with E-state index in [1.54, 1.807) is 7.11 Å². The van der Waals surface area contributed by atoms with Crippen LogP contribution in [-0.4, -0.2) is 18.2 Å². The van der Waals surface area contributed by atoms with Gasteiger partial charge in [0.2, 0.25) is 0 Å². The molecule has 0 spiro atoms. The van der Waals surface area contributed by atoms with Crippen LogP contribution in [0.3, 0.4) is 0 Å². The maximum absolute atomic E-state index is 12.1. The Balaban J connectivity index is 2.09. The minimum absolute atomic E-state index is 0.442. The lowest BCUT2D eigenvalue weighted by Gasteiger charge is -2.34. The summed E-state index contributed by atoms with van der Waals surface area (Å²) in [6.07, 6.45) is 9.17. The Hall–Kier alpha value is -1.22. The largest absolute Gasteiger partial charge is 0.495 e. The van der Waals surface area contributed by atoms with Crippen molar-refractivity contribution in [3.05, 3.63) is 28.3 Å². The minimum Gasteiger partial charge on any atom is -0.495 e. The van der Waals surface area contributed by atoms with E-state index in [0.29, 0.717) is 23.8 Å². The van der Waals surface area contributed by atoms with Crippen molar-refractivity contribution in [3.8, 4) is 5.75 Å². The van der Waals surface area contributed by atoms with E-state index in [9.17, 15) is 9.90 Å². The van der Waals surface area contributed by atoms with Crippen LogP contribution in [0.25, 0.3) is 0 Å². The highest BCUT2D eigenvalue weighted by Crippen LogP contribution is 2.47. The zero-order chi connectivity index (χ0) is 16.4. The molecule has 0 aromatic heterocycles. The third-order valence-electron chi connectivity index (χ3n) is 5.74. The van der Waals surface area contributed by atoms with Gasteiger partial charge in [-0.05, 0) is 48.8 Å². The summed E-state index contributed by atoms with van der Waals surface area (Å²) in [6.45, 7) is 0. The Morgan fingerprint density at radius 1 is 1.17 bits per heavy atom. The number of halogens is 1. The van der Waals surface area contributed by atoms with Gasteiger partial charge in [0.1, 0.15) is 5.75 Å². The summed E-state index contributed by atoms with van der Waals surface area (Å²) in [4.78, 5) is 12.1. The molecule has 3 rings (SSSR count). The van der Waals surface area contributed by atoms with E-state index >= 15 is 0 Å². The van der Waals surface area contributed by atoms with Crippen LogP contribution in [0.1, 0.15) is 74.8 Å². The molecule has 1 aromatic rings. The topological polar surface area (TPSA) is 46.5 Å². The summed E-state index contributed by atoms with van der Waals surface area (Å²) in [6, 6.07) is 3.92. The Morgan fingerprint density at radius 3 is 2.39 bits per heavy atom. The Morgan fingerprint density at radius 2 is 1.83 bits per heavy atom. The molecule has 0 aliphatic heterocycles. The van der Waals surface area contributed by atoms with E-state index in [1.807, 2.05) is 6.07 Å².